The van der Waals surface area contributed by atoms with Gasteiger partial charge in [0.25, 0.3) is 0 Å². The summed E-state index contributed by atoms with van der Waals surface area (Å²) in [5, 5.41) is 0. The molecule has 0 saturated heterocycles. The van der Waals surface area contributed by atoms with Crippen molar-refractivity contribution >= 4 is 11.4 Å². The van der Waals surface area contributed by atoms with E-state index < -0.39 is 0 Å². The van der Waals surface area contributed by atoms with Crippen LogP contribution in [0.2, 0.25) is 0 Å². The van der Waals surface area contributed by atoms with Gasteiger partial charge in [-0.2, -0.15) is 0 Å². The molecule has 0 amide bonds. The van der Waals surface area contributed by atoms with Gasteiger partial charge in [0.05, 0.1) is 13.2 Å². The number of ether oxygens (including phenoxy) is 2. The molecule has 0 spiro atoms. The molecule has 2 aromatic carbocycles. The lowest BCUT2D eigenvalue weighted by Crippen LogP contribution is -2.09. The minimum absolute atomic E-state index is 0.689. The topological polar surface area (TPSA) is 21.7 Å². The lowest BCUT2D eigenvalue weighted by Gasteiger charge is -2.20. The van der Waals surface area contributed by atoms with Crippen LogP contribution in [-0.4, -0.2) is 20.3 Å². The van der Waals surface area contributed by atoms with Crippen LogP contribution in [0.4, 0.5) is 11.4 Å². The van der Waals surface area contributed by atoms with Crippen LogP contribution in [0.5, 0.6) is 11.5 Å². The lowest BCUT2D eigenvalue weighted by atomic mass is 10.2. The third-order valence-electron chi connectivity index (χ3n) is 3.07. The van der Waals surface area contributed by atoms with E-state index in [1.54, 1.807) is 0 Å². The van der Waals surface area contributed by atoms with Gasteiger partial charge in [0.15, 0.2) is 0 Å². The Balaban J connectivity index is 2.11. The van der Waals surface area contributed by atoms with Gasteiger partial charge in [0.1, 0.15) is 11.5 Å². The van der Waals surface area contributed by atoms with E-state index in [4.69, 9.17) is 9.47 Å². The van der Waals surface area contributed by atoms with E-state index in [-0.39, 0.29) is 0 Å². The monoisotopic (exact) mass is 271 g/mol. The fourth-order valence-corrected chi connectivity index (χ4v) is 2.01. The Morgan fingerprint density at radius 2 is 1.05 bits per heavy atom. The second kappa shape index (κ2) is 6.85. The van der Waals surface area contributed by atoms with Crippen LogP contribution in [0, 0.1) is 0 Å². The molecule has 0 saturated carbocycles. The average molecular weight is 271 g/mol. The van der Waals surface area contributed by atoms with E-state index in [0.717, 1.165) is 22.9 Å². The summed E-state index contributed by atoms with van der Waals surface area (Å²) in [5.74, 6) is 1.80. The Kier molecular flexibility index (Phi) is 4.88. The standard InChI is InChI=1S/C17H21NO2/c1-4-19-16-10-6-14(7-11-16)18(3)15-8-12-17(13-9-15)20-5-2/h6-13H,4-5H2,1-3H3. The maximum absolute atomic E-state index is 5.45. The van der Waals surface area contributed by atoms with Gasteiger partial charge in [-0.3, -0.25) is 0 Å². The highest BCUT2D eigenvalue weighted by Crippen LogP contribution is 2.27. The van der Waals surface area contributed by atoms with Crippen LogP contribution in [0.25, 0.3) is 0 Å². The second-order valence-electron chi connectivity index (χ2n) is 4.41. The number of nitrogens with zero attached hydrogens (tertiary/aromatic N) is 1. The smallest absolute Gasteiger partial charge is 0.119 e. The molecule has 0 fully saturated rings. The Morgan fingerprint density at radius 3 is 1.35 bits per heavy atom. The van der Waals surface area contributed by atoms with Crippen LogP contribution >= 0.6 is 0 Å². The van der Waals surface area contributed by atoms with Crippen molar-refractivity contribution in [3.8, 4) is 11.5 Å². The van der Waals surface area contributed by atoms with E-state index in [1.807, 2.05) is 45.2 Å². The second-order valence-corrected chi connectivity index (χ2v) is 4.41. The summed E-state index contributed by atoms with van der Waals surface area (Å²) in [6.45, 7) is 5.35. The first-order valence-corrected chi connectivity index (χ1v) is 6.94. The Hall–Kier alpha value is -2.16. The molecule has 0 aliphatic heterocycles. The summed E-state index contributed by atoms with van der Waals surface area (Å²) in [5.41, 5.74) is 2.25. The number of anilines is 2. The molecule has 3 nitrogen and oxygen atoms in total. The zero-order valence-electron chi connectivity index (χ0n) is 12.3. The first kappa shape index (κ1) is 14.3. The number of hydrogen-bond donors (Lipinski definition) is 0. The number of rotatable bonds is 6. The lowest BCUT2D eigenvalue weighted by molar-refractivity contribution is 0.340. The van der Waals surface area contributed by atoms with Gasteiger partial charge in [-0.05, 0) is 62.4 Å². The molecule has 2 rings (SSSR count). The number of hydrogen-bond acceptors (Lipinski definition) is 3. The zero-order valence-corrected chi connectivity index (χ0v) is 12.3. The van der Waals surface area contributed by atoms with Crippen molar-refractivity contribution in [1.82, 2.24) is 0 Å². The normalized spacial score (nSPS) is 10.2. The molecule has 0 aliphatic rings. The van der Waals surface area contributed by atoms with Crippen molar-refractivity contribution in [1.29, 1.82) is 0 Å². The molecule has 0 atom stereocenters. The molecular weight excluding hydrogens is 250 g/mol. The third-order valence-corrected chi connectivity index (χ3v) is 3.07. The summed E-state index contributed by atoms with van der Waals surface area (Å²) in [7, 11) is 2.05. The summed E-state index contributed by atoms with van der Waals surface area (Å²) in [4.78, 5) is 2.13. The Morgan fingerprint density at radius 1 is 0.700 bits per heavy atom. The van der Waals surface area contributed by atoms with E-state index >= 15 is 0 Å². The summed E-state index contributed by atoms with van der Waals surface area (Å²) in [6, 6.07) is 16.2. The Bertz CT molecular complexity index is 470. The van der Waals surface area contributed by atoms with Crippen molar-refractivity contribution in [3.63, 3.8) is 0 Å². The highest BCUT2D eigenvalue weighted by Gasteiger charge is 2.04. The van der Waals surface area contributed by atoms with E-state index in [9.17, 15) is 0 Å². The van der Waals surface area contributed by atoms with Crippen LogP contribution in [0.15, 0.2) is 48.5 Å². The predicted molar refractivity (Wildman–Crippen MR) is 83.3 cm³/mol. The predicted octanol–water partition coefficient (Wildman–Crippen LogP) is 4.25. The van der Waals surface area contributed by atoms with Gasteiger partial charge in [0, 0.05) is 18.4 Å². The molecule has 0 unspecified atom stereocenters. The number of benzene rings is 2. The Labute approximate surface area is 120 Å². The maximum atomic E-state index is 5.45. The van der Waals surface area contributed by atoms with Crippen molar-refractivity contribution in [2.45, 2.75) is 13.8 Å². The molecule has 0 bridgehead atoms. The largest absolute Gasteiger partial charge is 0.494 e. The first-order chi connectivity index (χ1) is 9.74. The van der Waals surface area contributed by atoms with E-state index in [2.05, 4.69) is 29.2 Å². The molecule has 0 heterocycles. The van der Waals surface area contributed by atoms with Crippen molar-refractivity contribution in [2.75, 3.05) is 25.2 Å². The quantitative estimate of drug-likeness (QED) is 0.784. The highest BCUT2D eigenvalue weighted by atomic mass is 16.5. The van der Waals surface area contributed by atoms with Crippen LogP contribution in [-0.2, 0) is 0 Å². The van der Waals surface area contributed by atoms with Crippen molar-refractivity contribution in [2.24, 2.45) is 0 Å². The molecule has 2 aromatic rings. The molecule has 106 valence electrons. The zero-order chi connectivity index (χ0) is 14.4. The summed E-state index contributed by atoms with van der Waals surface area (Å²) in [6.07, 6.45) is 0. The SMILES string of the molecule is CCOc1ccc(N(C)c2ccc(OCC)cc2)cc1. The molecule has 0 aliphatic carbocycles. The van der Waals surface area contributed by atoms with Gasteiger partial charge in [-0.25, -0.2) is 0 Å². The molecule has 0 N–H and O–H groups in total. The van der Waals surface area contributed by atoms with Gasteiger partial charge < -0.3 is 14.4 Å². The van der Waals surface area contributed by atoms with Crippen LogP contribution in [0.3, 0.4) is 0 Å². The minimum atomic E-state index is 0.689. The van der Waals surface area contributed by atoms with Crippen LogP contribution in [0.1, 0.15) is 13.8 Å². The highest BCUT2D eigenvalue weighted by molar-refractivity contribution is 5.63. The van der Waals surface area contributed by atoms with Crippen molar-refractivity contribution in [3.05, 3.63) is 48.5 Å². The fraction of sp³-hybridized carbons (Fsp3) is 0.294. The fourth-order valence-electron chi connectivity index (χ4n) is 2.01. The maximum Gasteiger partial charge on any atom is 0.119 e. The van der Waals surface area contributed by atoms with Crippen LogP contribution < -0.4 is 14.4 Å². The summed E-state index contributed by atoms with van der Waals surface area (Å²) < 4.78 is 10.9. The molecule has 0 radical (unpaired) electrons. The van der Waals surface area contributed by atoms with Crippen molar-refractivity contribution < 1.29 is 9.47 Å². The van der Waals surface area contributed by atoms with E-state index in [1.165, 1.54) is 0 Å². The molecule has 20 heavy (non-hydrogen) atoms. The minimum Gasteiger partial charge on any atom is -0.494 e. The summed E-state index contributed by atoms with van der Waals surface area (Å²) >= 11 is 0. The van der Waals surface area contributed by atoms with Gasteiger partial charge in [0.2, 0.25) is 0 Å². The molecule has 0 aromatic heterocycles. The van der Waals surface area contributed by atoms with Gasteiger partial charge in [-0.15, -0.1) is 0 Å². The first-order valence-electron chi connectivity index (χ1n) is 6.94. The van der Waals surface area contributed by atoms with E-state index in [0.29, 0.717) is 13.2 Å². The van der Waals surface area contributed by atoms with Gasteiger partial charge >= 0.3 is 0 Å². The van der Waals surface area contributed by atoms with Gasteiger partial charge in [-0.1, -0.05) is 0 Å². The average Bonchev–Trinajstić information content (AvgIpc) is 2.49. The molecular formula is C17H21NO2. The third kappa shape index (κ3) is 3.44. The molecule has 3 heteroatoms.